The van der Waals surface area contributed by atoms with Gasteiger partial charge in [0.15, 0.2) is 11.5 Å². The summed E-state index contributed by atoms with van der Waals surface area (Å²) >= 11 is 6.98. The Labute approximate surface area is 208 Å². The smallest absolute Gasteiger partial charge is 0.251 e. The number of carbonyl (C=O) groups excluding carboxylic acids is 1. The van der Waals surface area contributed by atoms with Gasteiger partial charge in [0.25, 0.3) is 6.23 Å². The first-order valence-corrected chi connectivity index (χ1v) is 11.9. The largest absolute Gasteiger partial charge is 0.493 e. The molecule has 8 heteroatoms. The number of hydrogen-bond donors (Lipinski definition) is 0. The summed E-state index contributed by atoms with van der Waals surface area (Å²) in [7, 11) is 3.21. The van der Waals surface area contributed by atoms with Crippen molar-refractivity contribution in [2.24, 2.45) is 5.10 Å². The molecule has 0 aliphatic carbocycles. The van der Waals surface area contributed by atoms with Crippen LogP contribution in [0.3, 0.4) is 0 Å². The maximum absolute atomic E-state index is 13.5. The molecule has 3 aromatic carbocycles. The number of hydrazone groups is 1. The third-order valence-corrected chi connectivity index (χ3v) is 6.84. The maximum Gasteiger partial charge on any atom is 0.251 e. The summed E-state index contributed by atoms with van der Waals surface area (Å²) in [6.07, 6.45) is -0.227. The summed E-state index contributed by atoms with van der Waals surface area (Å²) in [5.41, 5.74) is 3.32. The van der Waals surface area contributed by atoms with E-state index in [2.05, 4.69) is 31.9 Å². The van der Waals surface area contributed by atoms with Crippen LogP contribution in [0.25, 0.3) is 0 Å². The van der Waals surface area contributed by atoms with Crippen LogP contribution in [0.5, 0.6) is 17.2 Å². The zero-order valence-electron chi connectivity index (χ0n) is 17.9. The number of methoxy groups -OCH3 is 2. The van der Waals surface area contributed by atoms with Crippen molar-refractivity contribution in [3.8, 4) is 17.2 Å². The molecule has 0 bridgehead atoms. The number of benzene rings is 3. The minimum atomic E-state index is -0.859. The Morgan fingerprint density at radius 2 is 1.70 bits per heavy atom. The van der Waals surface area contributed by atoms with E-state index in [0.717, 1.165) is 25.8 Å². The predicted octanol–water partition coefficient (Wildman–Crippen LogP) is 5.98. The van der Waals surface area contributed by atoms with Crippen molar-refractivity contribution in [3.05, 3.63) is 86.3 Å². The molecule has 2 heterocycles. The van der Waals surface area contributed by atoms with E-state index >= 15 is 0 Å². The van der Waals surface area contributed by atoms with E-state index in [1.807, 2.05) is 48.5 Å². The van der Waals surface area contributed by atoms with Gasteiger partial charge in [0.05, 0.1) is 26.0 Å². The van der Waals surface area contributed by atoms with E-state index in [1.165, 1.54) is 0 Å². The number of rotatable bonds is 5. The van der Waals surface area contributed by atoms with E-state index < -0.39 is 6.23 Å². The number of ketones is 1. The third-order valence-electron chi connectivity index (χ3n) is 5.82. The second-order valence-electron chi connectivity index (χ2n) is 7.74. The summed E-state index contributed by atoms with van der Waals surface area (Å²) in [4.78, 5) is 13.5. The van der Waals surface area contributed by atoms with Crippen LogP contribution in [0.2, 0.25) is 0 Å². The molecule has 3 aromatic rings. The summed E-state index contributed by atoms with van der Waals surface area (Å²) in [5.74, 6) is 1.83. The fourth-order valence-electron chi connectivity index (χ4n) is 4.18. The molecule has 0 unspecified atom stereocenters. The van der Waals surface area contributed by atoms with Gasteiger partial charge in [0.2, 0.25) is 5.78 Å². The third kappa shape index (κ3) is 4.02. The Balaban J connectivity index is 1.56. The van der Waals surface area contributed by atoms with Crippen molar-refractivity contribution in [1.82, 2.24) is 5.01 Å². The second-order valence-corrected chi connectivity index (χ2v) is 9.57. The summed E-state index contributed by atoms with van der Waals surface area (Å²) in [6.45, 7) is 0. The molecule has 0 amide bonds. The molecule has 0 saturated carbocycles. The van der Waals surface area contributed by atoms with E-state index in [0.29, 0.717) is 29.2 Å². The minimum Gasteiger partial charge on any atom is -0.493 e. The normalized spacial score (nSPS) is 18.7. The van der Waals surface area contributed by atoms with Gasteiger partial charge < -0.3 is 14.2 Å². The highest BCUT2D eigenvalue weighted by Crippen LogP contribution is 2.45. The Morgan fingerprint density at radius 3 is 2.42 bits per heavy atom. The van der Waals surface area contributed by atoms with Crippen molar-refractivity contribution in [2.45, 2.75) is 18.7 Å². The highest BCUT2D eigenvalue weighted by molar-refractivity contribution is 9.10. The standard InChI is InChI=1S/C25H20Br2N2O4/c1-31-22-9-5-15(11-23(22)32-2)19-13-20-18-12-17(27)8-10-21(18)33-25(29(20)28-19)24(30)14-3-6-16(26)7-4-14/h3-12,20,25H,13H2,1-2H3/t20-,25-/m0/s1. The Morgan fingerprint density at radius 1 is 0.970 bits per heavy atom. The van der Waals surface area contributed by atoms with Gasteiger partial charge in [-0.2, -0.15) is 5.10 Å². The molecule has 33 heavy (non-hydrogen) atoms. The lowest BCUT2D eigenvalue weighted by Gasteiger charge is -2.37. The van der Waals surface area contributed by atoms with Crippen LogP contribution in [0.15, 0.2) is 74.7 Å². The van der Waals surface area contributed by atoms with E-state index in [1.54, 1.807) is 31.4 Å². The summed E-state index contributed by atoms with van der Waals surface area (Å²) in [5, 5.41) is 6.65. The average molecular weight is 572 g/mol. The van der Waals surface area contributed by atoms with Crippen molar-refractivity contribution >= 4 is 43.4 Å². The molecule has 0 fully saturated rings. The zero-order valence-corrected chi connectivity index (χ0v) is 21.1. The van der Waals surface area contributed by atoms with Crippen LogP contribution in [-0.2, 0) is 0 Å². The van der Waals surface area contributed by atoms with Crippen molar-refractivity contribution in [2.75, 3.05) is 14.2 Å². The van der Waals surface area contributed by atoms with Crippen molar-refractivity contribution in [3.63, 3.8) is 0 Å². The molecule has 0 N–H and O–H groups in total. The number of fused-ring (bicyclic) bond motifs is 3. The SMILES string of the molecule is COc1ccc(C2=NN3[C@H](C(=O)c4ccc(Br)cc4)Oc4ccc(Br)cc4[C@@H]3C2)cc1OC. The lowest BCUT2D eigenvalue weighted by molar-refractivity contribution is -0.00459. The molecule has 0 saturated heterocycles. The number of hydrogen-bond acceptors (Lipinski definition) is 6. The molecular weight excluding hydrogens is 552 g/mol. The van der Waals surface area contributed by atoms with Crippen molar-refractivity contribution in [1.29, 1.82) is 0 Å². The van der Waals surface area contributed by atoms with Crippen molar-refractivity contribution < 1.29 is 19.0 Å². The van der Waals surface area contributed by atoms with Crippen LogP contribution in [0, 0.1) is 0 Å². The molecule has 0 aromatic heterocycles. The molecule has 2 aliphatic heterocycles. The average Bonchev–Trinajstić information content (AvgIpc) is 3.29. The lowest BCUT2D eigenvalue weighted by atomic mass is 9.95. The first kappa shape index (κ1) is 22.0. The first-order chi connectivity index (χ1) is 16.0. The fraction of sp³-hybridized carbons (Fsp3) is 0.200. The molecule has 0 radical (unpaired) electrons. The number of halogens is 2. The highest BCUT2D eigenvalue weighted by Gasteiger charge is 2.43. The predicted molar refractivity (Wildman–Crippen MR) is 132 cm³/mol. The minimum absolute atomic E-state index is 0.126. The molecule has 6 nitrogen and oxygen atoms in total. The van der Waals surface area contributed by atoms with Gasteiger partial charge >= 0.3 is 0 Å². The van der Waals surface area contributed by atoms with Gasteiger partial charge in [-0.05, 0) is 48.5 Å². The zero-order chi connectivity index (χ0) is 23.1. The Hall–Kier alpha value is -2.84. The fourth-order valence-corrected chi connectivity index (χ4v) is 4.82. The first-order valence-electron chi connectivity index (χ1n) is 10.3. The van der Waals surface area contributed by atoms with Gasteiger partial charge in [0, 0.05) is 32.1 Å². The van der Waals surface area contributed by atoms with E-state index in [-0.39, 0.29) is 11.8 Å². The van der Waals surface area contributed by atoms with Crippen LogP contribution >= 0.6 is 31.9 Å². The highest BCUT2D eigenvalue weighted by atomic mass is 79.9. The second kappa shape index (κ2) is 8.83. The monoisotopic (exact) mass is 570 g/mol. The van der Waals surface area contributed by atoms with Gasteiger partial charge in [-0.3, -0.25) is 4.79 Å². The summed E-state index contributed by atoms with van der Waals surface area (Å²) < 4.78 is 18.9. The quantitative estimate of drug-likeness (QED) is 0.352. The maximum atomic E-state index is 13.5. The molecule has 2 aliphatic rings. The van der Waals surface area contributed by atoms with Gasteiger partial charge in [-0.15, -0.1) is 0 Å². The molecule has 0 spiro atoms. The number of Topliss-reactive ketones (excluding diaryl/α,β-unsaturated/α-hetero) is 1. The van der Waals surface area contributed by atoms with Gasteiger partial charge in [0.1, 0.15) is 5.75 Å². The van der Waals surface area contributed by atoms with Crippen LogP contribution in [0.1, 0.15) is 33.9 Å². The van der Waals surface area contributed by atoms with E-state index in [9.17, 15) is 4.79 Å². The van der Waals surface area contributed by atoms with Gasteiger partial charge in [-0.1, -0.05) is 44.0 Å². The molecular formula is C25H20Br2N2O4. The molecule has 168 valence electrons. The van der Waals surface area contributed by atoms with Gasteiger partial charge in [-0.25, -0.2) is 5.01 Å². The van der Waals surface area contributed by atoms with E-state index in [4.69, 9.17) is 19.3 Å². The topological polar surface area (TPSA) is 60.4 Å². The van der Waals surface area contributed by atoms with Crippen LogP contribution < -0.4 is 14.2 Å². The van der Waals surface area contributed by atoms with Crippen LogP contribution in [-0.4, -0.2) is 37.0 Å². The summed E-state index contributed by atoms with van der Waals surface area (Å²) in [6, 6.07) is 18.7. The van der Waals surface area contributed by atoms with Crippen LogP contribution in [0.4, 0.5) is 0 Å². The number of ether oxygens (including phenoxy) is 3. The lowest BCUT2D eigenvalue weighted by Crippen LogP contribution is -2.45. The Kier molecular flexibility index (Phi) is 5.88. The number of carbonyl (C=O) groups is 1. The molecule has 2 atom stereocenters. The number of nitrogens with zero attached hydrogens (tertiary/aromatic N) is 2. The Bertz CT molecular complexity index is 1260. The molecule has 5 rings (SSSR count).